The Labute approximate surface area is 276 Å². The second-order valence-corrected chi connectivity index (χ2v) is 13.0. The average Bonchev–Trinajstić information content (AvgIpc) is 3.26. The summed E-state index contributed by atoms with van der Waals surface area (Å²) < 4.78 is 34.6. The molecule has 2 heterocycles. The highest BCUT2D eigenvalue weighted by molar-refractivity contribution is 14.1. The molecule has 0 bridgehead atoms. The van der Waals surface area contributed by atoms with E-state index in [2.05, 4.69) is 50.2 Å². The molecule has 216 valence electrons. The SMILES string of the molecule is COC(=O)C1=C(C)N=c2s/c(=C\c3cc(I)cc(I)c3OCc3ccccc3F)c(=O)n2[C@@H]1c1cc(Cl)ccc1OC. The molecule has 12 heteroatoms. The Kier molecular flexibility index (Phi) is 9.40. The third kappa shape index (κ3) is 6.01. The van der Waals surface area contributed by atoms with Crippen molar-refractivity contribution in [2.75, 3.05) is 14.2 Å². The van der Waals surface area contributed by atoms with Crippen molar-refractivity contribution in [3.8, 4) is 11.5 Å². The smallest absolute Gasteiger partial charge is 0.338 e. The highest BCUT2D eigenvalue weighted by Gasteiger charge is 2.35. The molecule has 1 atom stereocenters. The number of hydrogen-bond acceptors (Lipinski definition) is 7. The average molecular weight is 831 g/mol. The molecule has 4 aromatic rings. The summed E-state index contributed by atoms with van der Waals surface area (Å²) in [6, 6.07) is 14.4. The first kappa shape index (κ1) is 30.7. The van der Waals surface area contributed by atoms with Gasteiger partial charge < -0.3 is 14.2 Å². The van der Waals surface area contributed by atoms with Gasteiger partial charge in [-0.2, -0.15) is 0 Å². The molecule has 0 saturated heterocycles. The normalized spacial score (nSPS) is 14.8. The Balaban J connectivity index is 1.70. The van der Waals surface area contributed by atoms with Crippen LogP contribution in [0.1, 0.15) is 29.7 Å². The van der Waals surface area contributed by atoms with E-state index in [1.165, 1.54) is 36.2 Å². The van der Waals surface area contributed by atoms with Crippen molar-refractivity contribution in [1.82, 2.24) is 4.57 Å². The minimum absolute atomic E-state index is 0.0155. The first-order chi connectivity index (χ1) is 20.1. The highest BCUT2D eigenvalue weighted by atomic mass is 127. The number of carbonyl (C=O) groups is 1. The number of aromatic nitrogens is 1. The number of ether oxygens (including phenoxy) is 3. The van der Waals surface area contributed by atoms with Crippen molar-refractivity contribution >= 4 is 80.2 Å². The summed E-state index contributed by atoms with van der Waals surface area (Å²) in [5.74, 6) is -0.00895. The summed E-state index contributed by atoms with van der Waals surface area (Å²) in [6.07, 6.45) is 1.73. The lowest BCUT2D eigenvalue weighted by Crippen LogP contribution is -2.40. The van der Waals surface area contributed by atoms with Gasteiger partial charge in [0, 0.05) is 25.3 Å². The lowest BCUT2D eigenvalue weighted by atomic mass is 9.95. The first-order valence-electron chi connectivity index (χ1n) is 12.4. The topological polar surface area (TPSA) is 79.1 Å². The Hall–Kier alpha value is -2.75. The summed E-state index contributed by atoms with van der Waals surface area (Å²) in [5, 5.41) is 0.414. The molecule has 0 spiro atoms. The van der Waals surface area contributed by atoms with Crippen LogP contribution in [0.25, 0.3) is 6.08 Å². The highest BCUT2D eigenvalue weighted by Crippen LogP contribution is 2.37. The van der Waals surface area contributed by atoms with Crippen LogP contribution in [-0.2, 0) is 16.1 Å². The van der Waals surface area contributed by atoms with Gasteiger partial charge in [-0.05, 0) is 94.6 Å². The van der Waals surface area contributed by atoms with Gasteiger partial charge in [-0.3, -0.25) is 9.36 Å². The number of rotatable bonds is 7. The van der Waals surface area contributed by atoms with Crippen LogP contribution in [-0.4, -0.2) is 24.8 Å². The molecule has 1 aliphatic rings. The van der Waals surface area contributed by atoms with Gasteiger partial charge in [0.05, 0.1) is 33.6 Å². The van der Waals surface area contributed by atoms with Crippen LogP contribution in [0, 0.1) is 13.0 Å². The van der Waals surface area contributed by atoms with E-state index in [9.17, 15) is 14.0 Å². The zero-order valence-corrected chi connectivity index (χ0v) is 28.3. The second kappa shape index (κ2) is 12.9. The van der Waals surface area contributed by atoms with Crippen LogP contribution >= 0.6 is 68.1 Å². The number of halogens is 4. The van der Waals surface area contributed by atoms with Crippen LogP contribution in [0.4, 0.5) is 4.39 Å². The number of hydrogen-bond donors (Lipinski definition) is 0. The van der Waals surface area contributed by atoms with Gasteiger partial charge in [-0.1, -0.05) is 41.1 Å². The van der Waals surface area contributed by atoms with Crippen molar-refractivity contribution in [3.63, 3.8) is 0 Å². The largest absolute Gasteiger partial charge is 0.496 e. The van der Waals surface area contributed by atoms with E-state index in [-0.39, 0.29) is 23.6 Å². The van der Waals surface area contributed by atoms with E-state index in [4.69, 9.17) is 25.8 Å². The van der Waals surface area contributed by atoms with E-state index >= 15 is 0 Å². The predicted molar refractivity (Wildman–Crippen MR) is 176 cm³/mol. The Morgan fingerprint density at radius 2 is 1.93 bits per heavy atom. The van der Waals surface area contributed by atoms with Gasteiger partial charge in [-0.25, -0.2) is 14.2 Å². The Morgan fingerprint density at radius 1 is 1.17 bits per heavy atom. The molecule has 0 radical (unpaired) electrons. The summed E-state index contributed by atoms with van der Waals surface area (Å²) in [7, 11) is 2.79. The van der Waals surface area contributed by atoms with Crippen LogP contribution in [0.2, 0.25) is 5.02 Å². The second-order valence-electron chi connectivity index (χ2n) is 9.15. The molecule has 0 saturated carbocycles. The zero-order valence-electron chi connectivity index (χ0n) is 22.4. The van der Waals surface area contributed by atoms with E-state index in [1.54, 1.807) is 49.4 Å². The van der Waals surface area contributed by atoms with Gasteiger partial charge >= 0.3 is 5.97 Å². The lowest BCUT2D eigenvalue weighted by Gasteiger charge is -2.25. The summed E-state index contributed by atoms with van der Waals surface area (Å²) in [6.45, 7) is 1.71. The maximum Gasteiger partial charge on any atom is 0.338 e. The molecule has 0 aliphatic carbocycles. The molecule has 1 aliphatic heterocycles. The standard InChI is InChI=1S/C30H22ClFI2N2O5S/c1-15-25(29(38)40-3)26(20-12-18(31)8-9-23(20)39-2)36-28(37)24(42-30(36)35-15)11-17-10-19(33)13-22(34)27(17)41-14-16-6-4-5-7-21(16)32/h4-13,26H,14H2,1-3H3/b24-11-/t26-/m1/s1. The zero-order chi connectivity index (χ0) is 30.1. The van der Waals surface area contributed by atoms with Crippen LogP contribution in [0.3, 0.4) is 0 Å². The van der Waals surface area contributed by atoms with E-state index in [0.717, 1.165) is 7.14 Å². The van der Waals surface area contributed by atoms with Crippen molar-refractivity contribution < 1.29 is 23.4 Å². The predicted octanol–water partition coefficient (Wildman–Crippen LogP) is 6.00. The molecular formula is C30H22ClFI2N2O5S. The lowest BCUT2D eigenvalue weighted by molar-refractivity contribution is -0.136. The minimum Gasteiger partial charge on any atom is -0.496 e. The van der Waals surface area contributed by atoms with Crippen LogP contribution in [0.15, 0.2) is 75.7 Å². The molecule has 3 aromatic carbocycles. The molecule has 7 nitrogen and oxygen atoms in total. The van der Waals surface area contributed by atoms with Gasteiger partial charge in [0.15, 0.2) is 4.80 Å². The molecule has 42 heavy (non-hydrogen) atoms. The van der Waals surface area contributed by atoms with Gasteiger partial charge in [0.25, 0.3) is 5.56 Å². The van der Waals surface area contributed by atoms with Crippen molar-refractivity contribution in [3.05, 3.63) is 120 Å². The maximum absolute atomic E-state index is 14.3. The van der Waals surface area contributed by atoms with Gasteiger partial charge in [-0.15, -0.1) is 0 Å². The number of methoxy groups -OCH3 is 2. The van der Waals surface area contributed by atoms with E-state index in [1.807, 2.05) is 12.1 Å². The first-order valence-corrected chi connectivity index (χ1v) is 15.8. The fraction of sp³-hybridized carbons (Fsp3) is 0.167. The fourth-order valence-electron chi connectivity index (χ4n) is 4.65. The molecule has 1 aromatic heterocycles. The monoisotopic (exact) mass is 830 g/mol. The van der Waals surface area contributed by atoms with Gasteiger partial charge in [0.1, 0.15) is 30.0 Å². The van der Waals surface area contributed by atoms with Crippen molar-refractivity contribution in [2.45, 2.75) is 19.6 Å². The molecule has 0 N–H and O–H groups in total. The summed E-state index contributed by atoms with van der Waals surface area (Å²) in [4.78, 5) is 32.1. The molecule has 0 amide bonds. The van der Waals surface area contributed by atoms with Crippen LogP contribution < -0.4 is 24.4 Å². The number of esters is 1. The van der Waals surface area contributed by atoms with E-state index < -0.39 is 12.0 Å². The van der Waals surface area contributed by atoms with Gasteiger partial charge in [0.2, 0.25) is 0 Å². The summed E-state index contributed by atoms with van der Waals surface area (Å²) in [5.41, 5.74) is 1.83. The Bertz CT molecular complexity index is 1940. The number of thiazole rings is 1. The molecule has 5 rings (SSSR count). The number of nitrogens with zero attached hydrogens (tertiary/aromatic N) is 2. The fourth-order valence-corrected chi connectivity index (χ4v) is 7.92. The summed E-state index contributed by atoms with van der Waals surface area (Å²) >= 11 is 11.9. The molecule has 0 fully saturated rings. The maximum atomic E-state index is 14.3. The number of fused-ring (bicyclic) bond motifs is 1. The molecular weight excluding hydrogens is 809 g/mol. The number of benzene rings is 3. The molecule has 0 unspecified atom stereocenters. The number of allylic oxidation sites excluding steroid dienone is 1. The minimum atomic E-state index is -0.891. The quantitative estimate of drug-likeness (QED) is 0.169. The number of carbonyl (C=O) groups excluding carboxylic acids is 1. The van der Waals surface area contributed by atoms with Crippen molar-refractivity contribution in [2.24, 2.45) is 4.99 Å². The third-order valence-corrected chi connectivity index (χ3v) is 9.21. The third-order valence-electron chi connectivity index (χ3n) is 6.57. The Morgan fingerprint density at radius 3 is 2.64 bits per heavy atom. The van der Waals surface area contributed by atoms with Crippen LogP contribution in [0.5, 0.6) is 11.5 Å². The van der Waals surface area contributed by atoms with E-state index in [0.29, 0.717) is 48.2 Å². The van der Waals surface area contributed by atoms with Crippen molar-refractivity contribution in [1.29, 1.82) is 0 Å².